The predicted molar refractivity (Wildman–Crippen MR) is 77.7 cm³/mol. The zero-order valence-electron chi connectivity index (χ0n) is 10.4. The highest BCUT2D eigenvalue weighted by Crippen LogP contribution is 2.25. The Morgan fingerprint density at radius 1 is 1.22 bits per heavy atom. The second-order valence-corrected chi connectivity index (χ2v) is 6.04. The summed E-state index contributed by atoms with van der Waals surface area (Å²) in [4.78, 5) is 12.8. The zero-order chi connectivity index (χ0) is 13.1. The van der Waals surface area contributed by atoms with Crippen LogP contribution in [0.25, 0.3) is 0 Å². The van der Waals surface area contributed by atoms with Crippen molar-refractivity contribution in [3.05, 3.63) is 56.7 Å². The molecule has 0 N–H and O–H groups in total. The molecule has 94 valence electrons. The first kappa shape index (κ1) is 13.3. The van der Waals surface area contributed by atoms with Gasteiger partial charge in [0.25, 0.3) is 0 Å². The van der Waals surface area contributed by atoms with Crippen molar-refractivity contribution in [3.63, 3.8) is 0 Å². The Hall–Kier alpha value is -1.12. The number of halogens is 1. The molecule has 0 saturated carbocycles. The van der Waals surface area contributed by atoms with Crippen LogP contribution in [0.4, 0.5) is 0 Å². The van der Waals surface area contributed by atoms with Crippen molar-refractivity contribution in [2.75, 3.05) is 0 Å². The van der Waals surface area contributed by atoms with Crippen LogP contribution < -0.4 is 0 Å². The number of ketones is 1. The van der Waals surface area contributed by atoms with Gasteiger partial charge in [-0.15, -0.1) is 11.3 Å². The van der Waals surface area contributed by atoms with Crippen LogP contribution in [0.15, 0.2) is 35.7 Å². The topological polar surface area (TPSA) is 17.1 Å². The van der Waals surface area contributed by atoms with Crippen LogP contribution in [0.2, 0.25) is 5.02 Å². The van der Waals surface area contributed by atoms with Gasteiger partial charge >= 0.3 is 0 Å². The fourth-order valence-corrected chi connectivity index (χ4v) is 2.95. The van der Waals surface area contributed by atoms with Crippen LogP contribution in [0, 0.1) is 5.92 Å². The van der Waals surface area contributed by atoms with E-state index in [1.165, 1.54) is 16.9 Å². The van der Waals surface area contributed by atoms with Gasteiger partial charge in [0.1, 0.15) is 0 Å². The standard InChI is InChI=1S/C15H15ClOS/c1-10(2)9-11-3-5-12(6-4-11)14(17)15-13(16)7-8-18-15/h3-8,10H,9H2,1-2H3. The van der Waals surface area contributed by atoms with E-state index in [1.54, 1.807) is 6.07 Å². The molecule has 3 heteroatoms. The molecule has 0 aliphatic rings. The largest absolute Gasteiger partial charge is 0.288 e. The summed E-state index contributed by atoms with van der Waals surface area (Å²) in [6.07, 6.45) is 1.04. The lowest BCUT2D eigenvalue weighted by Gasteiger charge is -2.05. The SMILES string of the molecule is CC(C)Cc1ccc(C(=O)c2sccc2Cl)cc1. The van der Waals surface area contributed by atoms with Crippen molar-refractivity contribution in [3.8, 4) is 0 Å². The van der Waals surface area contributed by atoms with Gasteiger partial charge in [0.2, 0.25) is 5.78 Å². The molecular weight excluding hydrogens is 264 g/mol. The van der Waals surface area contributed by atoms with Gasteiger partial charge in [-0.3, -0.25) is 4.79 Å². The minimum Gasteiger partial charge on any atom is -0.288 e. The Morgan fingerprint density at radius 2 is 1.89 bits per heavy atom. The van der Waals surface area contributed by atoms with Crippen LogP contribution in [-0.2, 0) is 6.42 Å². The van der Waals surface area contributed by atoms with E-state index in [9.17, 15) is 4.79 Å². The highest BCUT2D eigenvalue weighted by atomic mass is 35.5. The van der Waals surface area contributed by atoms with Gasteiger partial charge in [0.15, 0.2) is 0 Å². The average molecular weight is 279 g/mol. The summed E-state index contributed by atoms with van der Waals surface area (Å²) in [6.45, 7) is 4.37. The van der Waals surface area contributed by atoms with Crippen molar-refractivity contribution in [1.82, 2.24) is 0 Å². The third-order valence-corrected chi connectivity index (χ3v) is 4.02. The van der Waals surface area contributed by atoms with Crippen molar-refractivity contribution >= 4 is 28.7 Å². The minimum absolute atomic E-state index is 0.00565. The van der Waals surface area contributed by atoms with E-state index in [1.807, 2.05) is 29.6 Å². The average Bonchev–Trinajstić information content (AvgIpc) is 2.75. The Bertz CT molecular complexity index is 540. The highest BCUT2D eigenvalue weighted by molar-refractivity contribution is 7.13. The lowest BCUT2D eigenvalue weighted by Crippen LogP contribution is -2.00. The van der Waals surface area contributed by atoms with Gasteiger partial charge in [-0.1, -0.05) is 49.7 Å². The van der Waals surface area contributed by atoms with Gasteiger partial charge in [0, 0.05) is 5.56 Å². The molecule has 18 heavy (non-hydrogen) atoms. The minimum atomic E-state index is 0.00565. The van der Waals surface area contributed by atoms with E-state index in [0.29, 0.717) is 21.4 Å². The second-order valence-electron chi connectivity index (χ2n) is 4.72. The molecule has 0 bridgehead atoms. The number of benzene rings is 1. The van der Waals surface area contributed by atoms with Crippen molar-refractivity contribution in [2.24, 2.45) is 5.92 Å². The van der Waals surface area contributed by atoms with E-state index in [0.717, 1.165) is 6.42 Å². The van der Waals surface area contributed by atoms with Crippen molar-refractivity contribution in [2.45, 2.75) is 20.3 Å². The first-order chi connectivity index (χ1) is 8.58. The van der Waals surface area contributed by atoms with E-state index in [-0.39, 0.29) is 5.78 Å². The van der Waals surface area contributed by atoms with E-state index in [4.69, 9.17) is 11.6 Å². The maximum Gasteiger partial charge on any atom is 0.204 e. The zero-order valence-corrected chi connectivity index (χ0v) is 12.0. The molecule has 0 atom stereocenters. The molecule has 0 aliphatic carbocycles. The van der Waals surface area contributed by atoms with Crippen molar-refractivity contribution < 1.29 is 4.79 Å². The summed E-state index contributed by atoms with van der Waals surface area (Å²) >= 11 is 7.36. The maximum absolute atomic E-state index is 12.2. The fraction of sp³-hybridized carbons (Fsp3) is 0.267. The number of carbonyl (C=O) groups excluding carboxylic acids is 1. The Morgan fingerprint density at radius 3 is 2.39 bits per heavy atom. The molecule has 0 radical (unpaired) electrons. The van der Waals surface area contributed by atoms with Gasteiger partial charge in [-0.2, -0.15) is 0 Å². The lowest BCUT2D eigenvalue weighted by atomic mass is 10.0. The quantitative estimate of drug-likeness (QED) is 0.732. The van der Waals surface area contributed by atoms with Crippen LogP contribution in [-0.4, -0.2) is 5.78 Å². The molecule has 2 rings (SSSR count). The Labute approximate surface area is 116 Å². The molecule has 1 heterocycles. The molecule has 0 spiro atoms. The summed E-state index contributed by atoms with van der Waals surface area (Å²) in [5, 5.41) is 2.37. The normalized spacial score (nSPS) is 10.9. The molecule has 0 fully saturated rings. The molecule has 1 nitrogen and oxygen atoms in total. The summed E-state index contributed by atoms with van der Waals surface area (Å²) in [7, 11) is 0. The van der Waals surface area contributed by atoms with Crippen LogP contribution in [0.3, 0.4) is 0 Å². The third-order valence-electron chi connectivity index (χ3n) is 2.68. The van der Waals surface area contributed by atoms with Crippen LogP contribution in [0.5, 0.6) is 0 Å². The number of hydrogen-bond donors (Lipinski definition) is 0. The number of rotatable bonds is 4. The number of hydrogen-bond acceptors (Lipinski definition) is 2. The summed E-state index contributed by atoms with van der Waals surface area (Å²) < 4.78 is 0. The maximum atomic E-state index is 12.2. The molecule has 1 aromatic heterocycles. The Balaban J connectivity index is 2.20. The molecule has 2 aromatic rings. The predicted octanol–water partition coefficient (Wildman–Crippen LogP) is 4.83. The summed E-state index contributed by atoms with van der Waals surface area (Å²) in [5.74, 6) is 0.629. The van der Waals surface area contributed by atoms with E-state index < -0.39 is 0 Å². The molecule has 0 saturated heterocycles. The lowest BCUT2D eigenvalue weighted by molar-refractivity contribution is 0.104. The monoisotopic (exact) mass is 278 g/mol. The molecule has 0 amide bonds. The van der Waals surface area contributed by atoms with Gasteiger partial charge in [0.05, 0.1) is 9.90 Å². The van der Waals surface area contributed by atoms with Gasteiger partial charge in [-0.25, -0.2) is 0 Å². The number of thiophene rings is 1. The molecule has 0 unspecified atom stereocenters. The van der Waals surface area contributed by atoms with E-state index >= 15 is 0 Å². The molecular formula is C15H15ClOS. The Kier molecular flexibility index (Phi) is 4.20. The fourth-order valence-electron chi connectivity index (χ4n) is 1.85. The van der Waals surface area contributed by atoms with Crippen LogP contribution >= 0.6 is 22.9 Å². The third kappa shape index (κ3) is 3.01. The number of carbonyl (C=O) groups is 1. The smallest absolute Gasteiger partial charge is 0.204 e. The summed E-state index contributed by atoms with van der Waals surface area (Å²) in [6, 6.07) is 9.57. The first-order valence-electron chi connectivity index (χ1n) is 5.94. The van der Waals surface area contributed by atoms with Crippen LogP contribution in [0.1, 0.15) is 34.6 Å². The first-order valence-corrected chi connectivity index (χ1v) is 7.20. The molecule has 0 aliphatic heterocycles. The highest BCUT2D eigenvalue weighted by Gasteiger charge is 2.14. The van der Waals surface area contributed by atoms with E-state index in [2.05, 4.69) is 13.8 Å². The van der Waals surface area contributed by atoms with Gasteiger partial charge in [-0.05, 0) is 29.3 Å². The molecule has 1 aromatic carbocycles. The second kappa shape index (κ2) is 5.68. The summed E-state index contributed by atoms with van der Waals surface area (Å²) in [5.41, 5.74) is 1.96. The van der Waals surface area contributed by atoms with Crippen molar-refractivity contribution in [1.29, 1.82) is 0 Å². The van der Waals surface area contributed by atoms with Gasteiger partial charge < -0.3 is 0 Å².